The molecule has 6 rings (SSSR count). The molecule has 1 aliphatic heterocycles. The van der Waals surface area contributed by atoms with Gasteiger partial charge in [-0.1, -0.05) is 40.2 Å². The molecule has 0 radical (unpaired) electrons. The van der Waals surface area contributed by atoms with Gasteiger partial charge in [-0.15, -0.1) is 0 Å². The Morgan fingerprint density at radius 3 is 2.14 bits per heavy atom. The molecule has 0 aromatic heterocycles. The molecule has 1 heterocycles. The van der Waals surface area contributed by atoms with Gasteiger partial charge in [-0.2, -0.15) is 0 Å². The Balaban J connectivity index is 1.21. The smallest absolute Gasteiger partial charge is 0.326 e. The Labute approximate surface area is 170 Å². The Kier molecular flexibility index (Phi) is 4.05. The second kappa shape index (κ2) is 6.37. The van der Waals surface area contributed by atoms with Crippen molar-refractivity contribution in [3.8, 4) is 0 Å². The van der Waals surface area contributed by atoms with Crippen LogP contribution in [0.3, 0.4) is 0 Å². The molecule has 0 unspecified atom stereocenters. The lowest BCUT2D eigenvalue weighted by molar-refractivity contribution is -0.152. The van der Waals surface area contributed by atoms with Crippen molar-refractivity contribution in [2.75, 3.05) is 13.2 Å². The van der Waals surface area contributed by atoms with E-state index in [1.54, 1.807) is 24.3 Å². The van der Waals surface area contributed by atoms with Gasteiger partial charge in [-0.3, -0.25) is 24.1 Å². The molecule has 6 nitrogen and oxygen atoms in total. The standard InChI is InChI=1S/C21H18BrNO5/c22-11-3-1-10(2-4-11)16(24)9-28-17(25)8-23-20(26)18-12-5-6-13(15-7-14(12)15)19(18)21(23)27/h1-6,12-15,18-19H,7-9H2/t12-,13-,14-,15-,18+,19+/m1/s1. The molecular formula is C21H18BrNO5. The first-order valence-corrected chi connectivity index (χ1v) is 10.2. The van der Waals surface area contributed by atoms with Crippen LogP contribution in [0.15, 0.2) is 40.9 Å². The average Bonchev–Trinajstić information content (AvgIpc) is 3.48. The number of halogens is 1. The summed E-state index contributed by atoms with van der Waals surface area (Å²) < 4.78 is 5.88. The molecule has 1 saturated heterocycles. The van der Waals surface area contributed by atoms with E-state index in [-0.39, 0.29) is 41.3 Å². The van der Waals surface area contributed by atoms with E-state index in [1.807, 2.05) is 0 Å². The maximum absolute atomic E-state index is 12.8. The van der Waals surface area contributed by atoms with Gasteiger partial charge in [-0.05, 0) is 42.2 Å². The first kappa shape index (κ1) is 17.8. The number of allylic oxidation sites excluding steroid dienone is 2. The number of Topliss-reactive ketones (excluding diaryl/α,β-unsaturated/α-hetero) is 1. The zero-order valence-electron chi connectivity index (χ0n) is 14.9. The van der Waals surface area contributed by atoms with Gasteiger partial charge < -0.3 is 4.74 Å². The second-order valence-corrected chi connectivity index (χ2v) is 8.92. The summed E-state index contributed by atoms with van der Waals surface area (Å²) in [6, 6.07) is 6.72. The number of ketones is 1. The van der Waals surface area contributed by atoms with Crippen molar-refractivity contribution in [2.45, 2.75) is 6.42 Å². The van der Waals surface area contributed by atoms with Crippen LogP contribution in [-0.2, 0) is 19.1 Å². The normalized spacial score (nSPS) is 34.2. The summed E-state index contributed by atoms with van der Waals surface area (Å²) in [5.74, 6) is -0.995. The van der Waals surface area contributed by atoms with Crippen molar-refractivity contribution >= 4 is 39.5 Å². The molecule has 4 aliphatic carbocycles. The SMILES string of the molecule is O=C(CN1C(=O)[C@H]2[C@@H]3C=C[C@H]([C@H]4C[C@H]34)[C@@H]2C1=O)OCC(=O)c1ccc(Br)cc1. The number of carbonyl (C=O) groups is 4. The summed E-state index contributed by atoms with van der Waals surface area (Å²) in [6.07, 6.45) is 5.27. The zero-order chi connectivity index (χ0) is 19.6. The maximum Gasteiger partial charge on any atom is 0.326 e. The predicted molar refractivity (Wildman–Crippen MR) is 101 cm³/mol. The highest BCUT2D eigenvalue weighted by molar-refractivity contribution is 9.10. The molecule has 2 saturated carbocycles. The monoisotopic (exact) mass is 443 g/mol. The van der Waals surface area contributed by atoms with Crippen LogP contribution >= 0.6 is 15.9 Å². The second-order valence-electron chi connectivity index (χ2n) is 8.01. The summed E-state index contributed by atoms with van der Waals surface area (Å²) in [5.41, 5.74) is 0.428. The lowest BCUT2D eigenvalue weighted by Gasteiger charge is -2.37. The first-order valence-electron chi connectivity index (χ1n) is 9.43. The van der Waals surface area contributed by atoms with Crippen molar-refractivity contribution in [3.05, 3.63) is 46.5 Å². The highest BCUT2D eigenvalue weighted by Gasteiger charge is 2.67. The fourth-order valence-corrected chi connectivity index (χ4v) is 5.48. The molecule has 1 aromatic carbocycles. The molecule has 1 aromatic rings. The minimum atomic E-state index is -0.740. The number of likely N-dealkylation sites (tertiary alicyclic amines) is 1. The van der Waals surface area contributed by atoms with Crippen LogP contribution < -0.4 is 0 Å². The van der Waals surface area contributed by atoms with Crippen LogP contribution in [0.25, 0.3) is 0 Å². The molecule has 6 atom stereocenters. The summed E-state index contributed by atoms with van der Waals surface area (Å²) >= 11 is 3.29. The van der Waals surface area contributed by atoms with Crippen molar-refractivity contribution < 1.29 is 23.9 Å². The third-order valence-electron chi connectivity index (χ3n) is 6.57. The minimum Gasteiger partial charge on any atom is -0.456 e. The van der Waals surface area contributed by atoms with Gasteiger partial charge in [0.25, 0.3) is 0 Å². The minimum absolute atomic E-state index is 0.122. The molecule has 7 heteroatoms. The predicted octanol–water partition coefficient (Wildman–Crippen LogP) is 2.23. The molecule has 2 amide bonds. The van der Waals surface area contributed by atoms with Crippen molar-refractivity contribution in [2.24, 2.45) is 35.5 Å². The van der Waals surface area contributed by atoms with Crippen molar-refractivity contribution in [1.29, 1.82) is 0 Å². The van der Waals surface area contributed by atoms with Crippen LogP contribution in [0.4, 0.5) is 0 Å². The highest BCUT2D eigenvalue weighted by Crippen LogP contribution is 2.65. The van der Waals surface area contributed by atoms with Crippen LogP contribution in [-0.4, -0.2) is 41.6 Å². The van der Waals surface area contributed by atoms with E-state index in [4.69, 9.17) is 4.74 Å². The summed E-state index contributed by atoms with van der Waals surface area (Å²) in [5, 5.41) is 0. The van der Waals surface area contributed by atoms with Crippen LogP contribution in [0.5, 0.6) is 0 Å². The fourth-order valence-electron chi connectivity index (χ4n) is 5.21. The quantitative estimate of drug-likeness (QED) is 0.301. The molecule has 0 spiro atoms. The zero-order valence-corrected chi connectivity index (χ0v) is 16.5. The summed E-state index contributed by atoms with van der Waals surface area (Å²) in [4.78, 5) is 51.0. The number of benzene rings is 1. The van der Waals surface area contributed by atoms with E-state index in [2.05, 4.69) is 28.1 Å². The van der Waals surface area contributed by atoms with Gasteiger partial charge in [0, 0.05) is 10.0 Å². The fraction of sp³-hybridized carbons (Fsp3) is 0.429. The van der Waals surface area contributed by atoms with Crippen molar-refractivity contribution in [1.82, 2.24) is 4.90 Å². The molecule has 28 heavy (non-hydrogen) atoms. The van der Waals surface area contributed by atoms with E-state index in [1.165, 1.54) is 0 Å². The average molecular weight is 444 g/mol. The number of nitrogens with zero attached hydrogens (tertiary/aromatic N) is 1. The van der Waals surface area contributed by atoms with Gasteiger partial charge in [0.05, 0.1) is 11.8 Å². The van der Waals surface area contributed by atoms with Gasteiger partial charge in [0.15, 0.2) is 12.4 Å². The van der Waals surface area contributed by atoms with E-state index >= 15 is 0 Å². The first-order chi connectivity index (χ1) is 13.5. The molecule has 5 aliphatic rings. The number of amides is 2. The van der Waals surface area contributed by atoms with Gasteiger partial charge in [0.2, 0.25) is 11.8 Å². The van der Waals surface area contributed by atoms with E-state index in [9.17, 15) is 19.2 Å². The molecule has 0 N–H and O–H groups in total. The Morgan fingerprint density at radius 2 is 1.57 bits per heavy atom. The van der Waals surface area contributed by atoms with Gasteiger partial charge >= 0.3 is 5.97 Å². The molecule has 3 fully saturated rings. The number of hydrogen-bond acceptors (Lipinski definition) is 5. The van der Waals surface area contributed by atoms with Gasteiger partial charge in [0.1, 0.15) is 6.54 Å². The highest BCUT2D eigenvalue weighted by atomic mass is 79.9. The Hall–Kier alpha value is -2.28. The largest absolute Gasteiger partial charge is 0.456 e. The van der Waals surface area contributed by atoms with Crippen LogP contribution in [0.2, 0.25) is 0 Å². The summed E-state index contributed by atoms with van der Waals surface area (Å²) in [6.45, 7) is -0.840. The number of carbonyl (C=O) groups excluding carboxylic acids is 4. The van der Waals surface area contributed by atoms with E-state index in [0.717, 1.165) is 15.8 Å². The number of ether oxygens (including phenoxy) is 1. The lowest BCUT2D eigenvalue weighted by Crippen LogP contribution is -2.40. The van der Waals surface area contributed by atoms with Gasteiger partial charge in [-0.25, -0.2) is 0 Å². The van der Waals surface area contributed by atoms with Crippen LogP contribution in [0.1, 0.15) is 16.8 Å². The van der Waals surface area contributed by atoms with Crippen molar-refractivity contribution in [3.63, 3.8) is 0 Å². The number of imide groups is 1. The lowest BCUT2D eigenvalue weighted by atomic mass is 9.63. The summed E-state index contributed by atoms with van der Waals surface area (Å²) in [7, 11) is 0. The van der Waals surface area contributed by atoms with Crippen LogP contribution in [0, 0.1) is 35.5 Å². The third-order valence-corrected chi connectivity index (χ3v) is 7.10. The molecule has 144 valence electrons. The van der Waals surface area contributed by atoms with E-state index < -0.39 is 19.1 Å². The molecule has 2 bridgehead atoms. The number of hydrogen-bond donors (Lipinski definition) is 0. The maximum atomic E-state index is 12.8. The number of esters is 1. The topological polar surface area (TPSA) is 80.8 Å². The number of rotatable bonds is 5. The Morgan fingerprint density at radius 1 is 1.00 bits per heavy atom. The molecular weight excluding hydrogens is 426 g/mol. The third kappa shape index (κ3) is 2.67. The van der Waals surface area contributed by atoms with E-state index in [0.29, 0.717) is 17.4 Å². The Bertz CT molecular complexity index is 887.